The zero-order chi connectivity index (χ0) is 16.1. The highest BCUT2D eigenvalue weighted by atomic mass is 79.9. The van der Waals surface area contributed by atoms with E-state index in [1.807, 2.05) is 0 Å². The van der Waals surface area contributed by atoms with E-state index in [-0.39, 0.29) is 32.4 Å². The molecule has 2 unspecified atom stereocenters. The fourth-order valence-electron chi connectivity index (χ4n) is 5.71. The van der Waals surface area contributed by atoms with Crippen molar-refractivity contribution >= 4 is 43.8 Å². The summed E-state index contributed by atoms with van der Waals surface area (Å²) in [4.78, 5) is 23.7. The van der Waals surface area contributed by atoms with E-state index in [0.717, 1.165) is 32.1 Å². The molecule has 0 aromatic carbocycles. The number of ether oxygens (including phenoxy) is 2. The van der Waals surface area contributed by atoms with Gasteiger partial charge in [-0.1, -0.05) is 31.9 Å². The van der Waals surface area contributed by atoms with Gasteiger partial charge in [0, 0.05) is 0 Å². The molecule has 0 heterocycles. The van der Waals surface area contributed by atoms with Crippen LogP contribution in [0.25, 0.3) is 0 Å². The molecule has 0 aliphatic heterocycles. The molecule has 4 bridgehead atoms. The van der Waals surface area contributed by atoms with Gasteiger partial charge in [0.1, 0.15) is 9.65 Å². The van der Waals surface area contributed by atoms with Gasteiger partial charge in [-0.3, -0.25) is 9.59 Å². The van der Waals surface area contributed by atoms with Gasteiger partial charge < -0.3 is 9.47 Å². The molecular formula is C16H22Br2O4. The molecule has 4 aliphatic rings. The maximum absolute atomic E-state index is 12.1. The maximum atomic E-state index is 12.1. The van der Waals surface area contributed by atoms with Gasteiger partial charge in [-0.25, -0.2) is 0 Å². The van der Waals surface area contributed by atoms with Gasteiger partial charge >= 0.3 is 11.9 Å². The number of hydrogen-bond acceptors (Lipinski definition) is 4. The second-order valence-electron chi connectivity index (χ2n) is 7.46. The van der Waals surface area contributed by atoms with Gasteiger partial charge in [0.05, 0.1) is 14.2 Å². The first kappa shape index (κ1) is 16.7. The summed E-state index contributed by atoms with van der Waals surface area (Å²) >= 11 is 7.23. The van der Waals surface area contributed by atoms with Crippen LogP contribution in [0.4, 0.5) is 0 Å². The summed E-state index contributed by atoms with van der Waals surface area (Å²) in [5.74, 6) is 0.800. The quantitative estimate of drug-likeness (QED) is 0.499. The summed E-state index contributed by atoms with van der Waals surface area (Å²) < 4.78 is 9.95. The number of carbonyl (C=O) groups is 2. The molecule has 22 heavy (non-hydrogen) atoms. The highest BCUT2D eigenvalue weighted by molar-refractivity contribution is 9.10. The molecule has 0 N–H and O–H groups in total. The van der Waals surface area contributed by atoms with Crippen molar-refractivity contribution in [3.63, 3.8) is 0 Å². The molecule has 0 aromatic heterocycles. The van der Waals surface area contributed by atoms with Crippen LogP contribution in [0.5, 0.6) is 0 Å². The minimum Gasteiger partial charge on any atom is -0.468 e. The van der Waals surface area contributed by atoms with E-state index in [0.29, 0.717) is 11.8 Å². The Morgan fingerprint density at radius 1 is 0.909 bits per heavy atom. The van der Waals surface area contributed by atoms with E-state index in [2.05, 4.69) is 31.9 Å². The summed E-state index contributed by atoms with van der Waals surface area (Å²) in [5.41, 5.74) is -0.172. The standard InChI is InChI=1S/C16H22Br2O4/c1-21-13(19)11(17)15-4-9-3-10(5-15)7-16(6-9,8-15)12(18)14(20)22-2/h9-12H,3-8H2,1-2H3. The molecule has 124 valence electrons. The molecule has 6 heteroatoms. The third kappa shape index (κ3) is 2.45. The van der Waals surface area contributed by atoms with Gasteiger partial charge in [-0.15, -0.1) is 0 Å². The zero-order valence-corrected chi connectivity index (χ0v) is 16.1. The first-order chi connectivity index (χ1) is 10.4. The third-order valence-electron chi connectivity index (χ3n) is 6.04. The molecule has 0 amide bonds. The minimum atomic E-state index is -0.285. The predicted octanol–water partition coefficient (Wildman–Crippen LogP) is 3.45. The molecule has 0 saturated heterocycles. The van der Waals surface area contributed by atoms with E-state index < -0.39 is 0 Å². The molecule has 2 atom stereocenters. The molecule has 4 fully saturated rings. The van der Waals surface area contributed by atoms with Crippen LogP contribution in [-0.2, 0) is 19.1 Å². The van der Waals surface area contributed by atoms with Crippen molar-refractivity contribution < 1.29 is 19.1 Å². The first-order valence-electron chi connectivity index (χ1n) is 7.79. The first-order valence-corrected chi connectivity index (χ1v) is 9.63. The molecule has 4 saturated carbocycles. The Labute approximate surface area is 147 Å². The second kappa shape index (κ2) is 5.76. The average Bonchev–Trinajstić information content (AvgIpc) is 2.50. The largest absolute Gasteiger partial charge is 0.468 e. The molecule has 4 nitrogen and oxygen atoms in total. The molecule has 0 aromatic rings. The van der Waals surface area contributed by atoms with Crippen LogP contribution in [0.2, 0.25) is 0 Å². The Hall–Kier alpha value is -0.100. The fourth-order valence-corrected chi connectivity index (χ4v) is 7.15. The summed E-state index contributed by atoms with van der Waals surface area (Å²) in [6.45, 7) is 0. The number of hydrogen-bond donors (Lipinski definition) is 0. The lowest BCUT2D eigenvalue weighted by molar-refractivity contribution is -0.159. The smallest absolute Gasteiger partial charge is 0.320 e. The van der Waals surface area contributed by atoms with Gasteiger partial charge in [0.2, 0.25) is 0 Å². The molecule has 4 rings (SSSR count). The van der Waals surface area contributed by atoms with Crippen molar-refractivity contribution in [1.82, 2.24) is 0 Å². The second-order valence-corrected chi connectivity index (χ2v) is 9.29. The SMILES string of the molecule is COC(=O)C(Br)C12CC3CC(C1)CC(C(Br)C(=O)OC)(C3)C2. The van der Waals surface area contributed by atoms with Crippen molar-refractivity contribution in [3.05, 3.63) is 0 Å². The number of carbonyl (C=O) groups excluding carboxylic acids is 2. The van der Waals surface area contributed by atoms with Crippen LogP contribution in [0.3, 0.4) is 0 Å². The summed E-state index contributed by atoms with van der Waals surface area (Å²) in [6.07, 6.45) is 6.32. The van der Waals surface area contributed by atoms with E-state index in [1.54, 1.807) is 0 Å². The van der Waals surface area contributed by atoms with Crippen LogP contribution >= 0.6 is 31.9 Å². The van der Waals surface area contributed by atoms with Crippen molar-refractivity contribution in [3.8, 4) is 0 Å². The summed E-state index contributed by atoms with van der Waals surface area (Å²) in [6, 6.07) is 0. The number of esters is 2. The zero-order valence-electron chi connectivity index (χ0n) is 12.9. The number of halogens is 2. The summed E-state index contributed by atoms with van der Waals surface area (Å²) in [7, 11) is 2.88. The lowest BCUT2D eigenvalue weighted by Gasteiger charge is -2.63. The van der Waals surface area contributed by atoms with Crippen molar-refractivity contribution in [2.75, 3.05) is 14.2 Å². The highest BCUT2D eigenvalue weighted by Crippen LogP contribution is 2.69. The van der Waals surface area contributed by atoms with Crippen LogP contribution in [0.1, 0.15) is 38.5 Å². The van der Waals surface area contributed by atoms with E-state index >= 15 is 0 Å². The highest BCUT2D eigenvalue weighted by Gasteiger charge is 2.63. The molecule has 4 aliphatic carbocycles. The molecule has 0 radical (unpaired) electrons. The predicted molar refractivity (Wildman–Crippen MR) is 89.0 cm³/mol. The van der Waals surface area contributed by atoms with Gasteiger partial charge in [0.15, 0.2) is 0 Å². The average molecular weight is 438 g/mol. The third-order valence-corrected chi connectivity index (χ3v) is 8.73. The summed E-state index contributed by atoms with van der Waals surface area (Å²) in [5, 5.41) is 0. The Bertz CT molecular complexity index is 439. The normalized spacial score (nSPS) is 41.8. The Morgan fingerprint density at radius 3 is 1.59 bits per heavy atom. The van der Waals surface area contributed by atoms with Gasteiger partial charge in [0.25, 0.3) is 0 Å². The number of methoxy groups -OCH3 is 2. The minimum absolute atomic E-state index is 0.0861. The van der Waals surface area contributed by atoms with E-state index in [9.17, 15) is 9.59 Å². The maximum Gasteiger partial charge on any atom is 0.320 e. The fraction of sp³-hybridized carbons (Fsp3) is 0.875. The van der Waals surface area contributed by atoms with Crippen molar-refractivity contribution in [1.29, 1.82) is 0 Å². The lowest BCUT2D eigenvalue weighted by atomic mass is 9.43. The number of alkyl halides is 2. The van der Waals surface area contributed by atoms with Crippen molar-refractivity contribution in [2.45, 2.75) is 48.2 Å². The molecule has 0 spiro atoms. The Balaban J connectivity index is 1.93. The topological polar surface area (TPSA) is 52.6 Å². The van der Waals surface area contributed by atoms with Crippen LogP contribution < -0.4 is 0 Å². The Morgan fingerprint density at radius 2 is 1.27 bits per heavy atom. The van der Waals surface area contributed by atoms with Crippen LogP contribution in [-0.4, -0.2) is 35.8 Å². The van der Waals surface area contributed by atoms with E-state index in [1.165, 1.54) is 20.6 Å². The van der Waals surface area contributed by atoms with Crippen LogP contribution in [0, 0.1) is 22.7 Å². The van der Waals surface area contributed by atoms with Crippen LogP contribution in [0.15, 0.2) is 0 Å². The van der Waals surface area contributed by atoms with Crippen molar-refractivity contribution in [2.24, 2.45) is 22.7 Å². The van der Waals surface area contributed by atoms with Gasteiger partial charge in [-0.2, -0.15) is 0 Å². The number of rotatable bonds is 4. The van der Waals surface area contributed by atoms with Gasteiger partial charge in [-0.05, 0) is 61.2 Å². The lowest BCUT2D eigenvalue weighted by Crippen LogP contribution is -2.60. The monoisotopic (exact) mass is 436 g/mol. The van der Waals surface area contributed by atoms with E-state index in [4.69, 9.17) is 9.47 Å². The molecular weight excluding hydrogens is 416 g/mol. The Kier molecular flexibility index (Phi) is 4.39.